The van der Waals surface area contributed by atoms with Gasteiger partial charge < -0.3 is 23.9 Å². The van der Waals surface area contributed by atoms with Crippen molar-refractivity contribution in [2.75, 3.05) is 27.4 Å². The first-order valence-electron chi connectivity index (χ1n) is 11.7. The van der Waals surface area contributed by atoms with Crippen LogP contribution in [-0.4, -0.2) is 33.3 Å². The first-order chi connectivity index (χ1) is 16.3. The number of rotatable bonds is 10. The Morgan fingerprint density at radius 2 is 1.91 bits per heavy atom. The van der Waals surface area contributed by atoms with Crippen molar-refractivity contribution < 1.29 is 23.4 Å². The lowest BCUT2D eigenvalue weighted by Crippen LogP contribution is -2.23. The zero-order valence-electron chi connectivity index (χ0n) is 21.2. The lowest BCUT2D eigenvalue weighted by molar-refractivity contribution is -0.116. The quantitative estimate of drug-likeness (QED) is 0.351. The van der Waals surface area contributed by atoms with Gasteiger partial charge in [-0.05, 0) is 62.9 Å². The highest BCUT2D eigenvalue weighted by Gasteiger charge is 2.21. The molecule has 0 spiro atoms. The number of furan rings is 1. The second-order valence-electron chi connectivity index (χ2n) is 8.70. The van der Waals surface area contributed by atoms with Crippen LogP contribution >= 0.6 is 0 Å². The standard InChI is InChI=1S/C28H35NO5/c1-8-33-27-19(5)28-23(15-21(27)18(4)13-26(30)29-12-11-17(2)3)24(16-34-28)22-14-20(31-6)9-10-25(22)32-7/h9-10,13-17H,8,11-12H2,1-7H3,(H,29,30)/b18-13+. The number of allylic oxidation sites excluding steroid dienone is 1. The first kappa shape index (κ1) is 25.2. The maximum atomic E-state index is 12.5. The number of aryl methyl sites for hydroxylation is 1. The molecule has 3 rings (SSSR count). The fourth-order valence-electron chi connectivity index (χ4n) is 3.98. The fourth-order valence-corrected chi connectivity index (χ4v) is 3.98. The second kappa shape index (κ2) is 11.1. The van der Waals surface area contributed by atoms with Crippen molar-refractivity contribution in [1.82, 2.24) is 5.32 Å². The van der Waals surface area contributed by atoms with E-state index in [2.05, 4.69) is 19.2 Å². The summed E-state index contributed by atoms with van der Waals surface area (Å²) >= 11 is 0. The van der Waals surface area contributed by atoms with E-state index in [0.29, 0.717) is 24.8 Å². The van der Waals surface area contributed by atoms with Crippen LogP contribution in [-0.2, 0) is 4.79 Å². The van der Waals surface area contributed by atoms with Crippen LogP contribution in [0.3, 0.4) is 0 Å². The molecule has 0 bridgehead atoms. The highest BCUT2D eigenvalue weighted by atomic mass is 16.5. The molecule has 2 aromatic carbocycles. The van der Waals surface area contributed by atoms with Crippen molar-refractivity contribution in [3.63, 3.8) is 0 Å². The molecule has 0 saturated heterocycles. The summed E-state index contributed by atoms with van der Waals surface area (Å²) in [7, 11) is 3.28. The average Bonchev–Trinajstić information content (AvgIpc) is 3.24. The van der Waals surface area contributed by atoms with Crippen LogP contribution in [0.2, 0.25) is 0 Å². The van der Waals surface area contributed by atoms with Gasteiger partial charge in [0.05, 0.1) is 27.1 Å². The highest BCUT2D eigenvalue weighted by molar-refractivity contribution is 6.02. The number of hydrogen-bond donors (Lipinski definition) is 1. The molecule has 0 unspecified atom stereocenters. The maximum Gasteiger partial charge on any atom is 0.244 e. The summed E-state index contributed by atoms with van der Waals surface area (Å²) in [5.41, 5.74) is 5.04. The van der Waals surface area contributed by atoms with Crippen LogP contribution in [0.25, 0.3) is 27.7 Å². The van der Waals surface area contributed by atoms with Gasteiger partial charge in [-0.1, -0.05) is 13.8 Å². The zero-order chi connectivity index (χ0) is 24.8. The Morgan fingerprint density at radius 1 is 1.15 bits per heavy atom. The molecule has 6 heteroatoms. The van der Waals surface area contributed by atoms with Crippen molar-refractivity contribution >= 4 is 22.4 Å². The predicted octanol–water partition coefficient (Wildman–Crippen LogP) is 6.39. The summed E-state index contributed by atoms with van der Waals surface area (Å²) in [6.45, 7) is 11.3. The number of fused-ring (bicyclic) bond motifs is 1. The third-order valence-corrected chi connectivity index (χ3v) is 5.82. The topological polar surface area (TPSA) is 69.9 Å². The number of carbonyl (C=O) groups is 1. The third kappa shape index (κ3) is 5.38. The molecule has 0 aliphatic carbocycles. The minimum Gasteiger partial charge on any atom is -0.497 e. The summed E-state index contributed by atoms with van der Waals surface area (Å²) in [5, 5.41) is 3.89. The molecular weight excluding hydrogens is 430 g/mol. The zero-order valence-corrected chi connectivity index (χ0v) is 21.2. The summed E-state index contributed by atoms with van der Waals surface area (Å²) < 4.78 is 23.1. The van der Waals surface area contributed by atoms with Crippen molar-refractivity contribution in [3.8, 4) is 28.4 Å². The van der Waals surface area contributed by atoms with E-state index in [-0.39, 0.29) is 5.91 Å². The van der Waals surface area contributed by atoms with Gasteiger partial charge in [-0.15, -0.1) is 0 Å². The lowest BCUT2D eigenvalue weighted by atomic mass is 9.96. The Labute approximate surface area is 201 Å². The van der Waals surface area contributed by atoms with Gasteiger partial charge in [0.2, 0.25) is 5.91 Å². The number of methoxy groups -OCH3 is 2. The molecule has 0 aliphatic heterocycles. The third-order valence-electron chi connectivity index (χ3n) is 5.82. The molecule has 0 radical (unpaired) electrons. The molecule has 0 saturated carbocycles. The van der Waals surface area contributed by atoms with Gasteiger partial charge in [-0.25, -0.2) is 0 Å². The molecule has 1 aromatic heterocycles. The minimum atomic E-state index is -0.111. The van der Waals surface area contributed by atoms with Gasteiger partial charge in [-0.2, -0.15) is 0 Å². The smallest absolute Gasteiger partial charge is 0.244 e. The summed E-state index contributed by atoms with van der Waals surface area (Å²) in [6.07, 6.45) is 4.30. The molecule has 1 amide bonds. The average molecular weight is 466 g/mol. The SMILES string of the molecule is CCOc1c(/C(C)=C/C(=O)NCCC(C)C)cc2c(-c3cc(OC)ccc3OC)coc2c1C. The molecular formula is C28H35NO5. The fraction of sp³-hybridized carbons (Fsp3) is 0.393. The molecule has 1 heterocycles. The van der Waals surface area contributed by atoms with Crippen molar-refractivity contribution in [2.24, 2.45) is 5.92 Å². The molecule has 0 fully saturated rings. The van der Waals surface area contributed by atoms with Gasteiger partial charge in [0, 0.05) is 40.3 Å². The van der Waals surface area contributed by atoms with E-state index in [4.69, 9.17) is 18.6 Å². The number of hydrogen-bond acceptors (Lipinski definition) is 5. The Morgan fingerprint density at radius 3 is 2.56 bits per heavy atom. The molecule has 0 aliphatic rings. The van der Waals surface area contributed by atoms with Crippen LogP contribution in [0.4, 0.5) is 0 Å². The molecule has 1 N–H and O–H groups in total. The van der Waals surface area contributed by atoms with E-state index in [1.54, 1.807) is 26.6 Å². The maximum absolute atomic E-state index is 12.5. The number of amides is 1. The van der Waals surface area contributed by atoms with E-state index in [1.807, 2.05) is 45.0 Å². The number of ether oxygens (including phenoxy) is 3. The van der Waals surface area contributed by atoms with Gasteiger partial charge in [-0.3, -0.25) is 4.79 Å². The van der Waals surface area contributed by atoms with Gasteiger partial charge >= 0.3 is 0 Å². The molecule has 34 heavy (non-hydrogen) atoms. The van der Waals surface area contributed by atoms with E-state index >= 15 is 0 Å². The van der Waals surface area contributed by atoms with E-state index in [0.717, 1.165) is 56.7 Å². The minimum absolute atomic E-state index is 0.111. The molecule has 182 valence electrons. The number of carbonyl (C=O) groups excluding carboxylic acids is 1. The van der Waals surface area contributed by atoms with Gasteiger partial charge in [0.15, 0.2) is 0 Å². The second-order valence-corrected chi connectivity index (χ2v) is 8.70. The van der Waals surface area contributed by atoms with Crippen LogP contribution < -0.4 is 19.5 Å². The summed E-state index contributed by atoms with van der Waals surface area (Å²) in [4.78, 5) is 12.5. The van der Waals surface area contributed by atoms with Crippen LogP contribution in [0.15, 0.2) is 41.0 Å². The Bertz CT molecular complexity index is 1190. The summed E-state index contributed by atoms with van der Waals surface area (Å²) in [5.74, 6) is 2.58. The van der Waals surface area contributed by atoms with E-state index in [9.17, 15) is 4.79 Å². The Kier molecular flexibility index (Phi) is 8.26. The lowest BCUT2D eigenvalue weighted by Gasteiger charge is -2.15. The van der Waals surface area contributed by atoms with Gasteiger partial charge in [0.25, 0.3) is 0 Å². The van der Waals surface area contributed by atoms with Crippen molar-refractivity contribution in [1.29, 1.82) is 0 Å². The molecule has 0 atom stereocenters. The van der Waals surface area contributed by atoms with Crippen LogP contribution in [0, 0.1) is 12.8 Å². The monoisotopic (exact) mass is 465 g/mol. The normalized spacial score (nSPS) is 11.7. The number of benzene rings is 2. The molecule has 3 aromatic rings. The Hall–Kier alpha value is -3.41. The van der Waals surface area contributed by atoms with E-state index in [1.165, 1.54) is 0 Å². The van der Waals surface area contributed by atoms with Crippen LogP contribution in [0.1, 0.15) is 45.2 Å². The predicted molar refractivity (Wildman–Crippen MR) is 137 cm³/mol. The number of nitrogens with one attached hydrogen (secondary N) is 1. The van der Waals surface area contributed by atoms with Gasteiger partial charge in [0.1, 0.15) is 22.8 Å². The van der Waals surface area contributed by atoms with Crippen molar-refractivity contribution in [2.45, 2.75) is 41.0 Å². The Balaban J connectivity index is 2.13. The molecule has 6 nitrogen and oxygen atoms in total. The largest absolute Gasteiger partial charge is 0.497 e. The van der Waals surface area contributed by atoms with E-state index < -0.39 is 0 Å². The summed E-state index contributed by atoms with van der Waals surface area (Å²) in [6, 6.07) is 7.69. The van der Waals surface area contributed by atoms with Crippen LogP contribution in [0.5, 0.6) is 17.2 Å². The first-order valence-corrected chi connectivity index (χ1v) is 11.7. The highest BCUT2D eigenvalue weighted by Crippen LogP contribution is 2.43. The van der Waals surface area contributed by atoms with Crippen molar-refractivity contribution in [3.05, 3.63) is 47.7 Å².